The molecular weight excluding hydrogens is 234 g/mol. The lowest BCUT2D eigenvalue weighted by Crippen LogP contribution is -2.29. The molecule has 0 saturated carbocycles. The number of hydrogen-bond acceptors (Lipinski definition) is 3. The van der Waals surface area contributed by atoms with Gasteiger partial charge in [0, 0.05) is 31.2 Å². The van der Waals surface area contributed by atoms with Crippen LogP contribution in [0.3, 0.4) is 0 Å². The molecule has 2 rings (SSSR count). The van der Waals surface area contributed by atoms with Crippen LogP contribution in [0.25, 0.3) is 10.9 Å². The van der Waals surface area contributed by atoms with Gasteiger partial charge >= 0.3 is 0 Å². The molecule has 0 saturated heterocycles. The predicted molar refractivity (Wildman–Crippen MR) is 81.2 cm³/mol. The molecule has 3 heteroatoms. The van der Waals surface area contributed by atoms with E-state index >= 15 is 0 Å². The molecule has 0 aliphatic heterocycles. The van der Waals surface area contributed by atoms with Crippen molar-refractivity contribution in [2.75, 3.05) is 19.6 Å². The Balaban J connectivity index is 1.75. The lowest BCUT2D eigenvalue weighted by molar-refractivity contribution is 0.535. The van der Waals surface area contributed by atoms with E-state index in [9.17, 15) is 0 Å². The minimum Gasteiger partial charge on any atom is -0.315 e. The Kier molecular flexibility index (Phi) is 5.31. The molecule has 1 aromatic carbocycles. The quantitative estimate of drug-likeness (QED) is 0.749. The van der Waals surface area contributed by atoms with Gasteiger partial charge in [-0.1, -0.05) is 26.0 Å². The molecule has 2 N–H and O–H groups in total. The van der Waals surface area contributed by atoms with Crippen molar-refractivity contribution in [3.8, 4) is 0 Å². The molecule has 0 spiro atoms. The number of nitrogens with one attached hydrogen (secondary N) is 2. The largest absolute Gasteiger partial charge is 0.315 e. The molecule has 0 unspecified atom stereocenters. The van der Waals surface area contributed by atoms with Crippen LogP contribution in [0.2, 0.25) is 0 Å². The van der Waals surface area contributed by atoms with Gasteiger partial charge in [0.1, 0.15) is 0 Å². The fraction of sp³-hybridized carbons (Fsp3) is 0.438. The lowest BCUT2D eigenvalue weighted by atomic mass is 10.1. The Morgan fingerprint density at radius 3 is 2.79 bits per heavy atom. The second kappa shape index (κ2) is 7.22. The van der Waals surface area contributed by atoms with E-state index in [-0.39, 0.29) is 0 Å². The Morgan fingerprint density at radius 1 is 1.11 bits per heavy atom. The van der Waals surface area contributed by atoms with E-state index in [1.165, 1.54) is 10.9 Å². The van der Waals surface area contributed by atoms with Crippen LogP contribution in [0, 0.1) is 5.92 Å². The van der Waals surface area contributed by atoms with Crippen molar-refractivity contribution < 1.29 is 0 Å². The summed E-state index contributed by atoms with van der Waals surface area (Å²) in [7, 11) is 0. The van der Waals surface area contributed by atoms with Crippen molar-refractivity contribution in [1.82, 2.24) is 15.6 Å². The normalized spacial score (nSPS) is 11.3. The second-order valence-electron chi connectivity index (χ2n) is 5.31. The van der Waals surface area contributed by atoms with Crippen LogP contribution < -0.4 is 10.6 Å². The fourth-order valence-electron chi connectivity index (χ4n) is 2.04. The van der Waals surface area contributed by atoms with Crippen LogP contribution in [0.1, 0.15) is 19.4 Å². The highest BCUT2D eigenvalue weighted by Crippen LogP contribution is 2.12. The Bertz CT molecular complexity index is 508. The molecule has 0 aliphatic carbocycles. The number of pyridine rings is 1. The van der Waals surface area contributed by atoms with Crippen molar-refractivity contribution >= 4 is 10.9 Å². The summed E-state index contributed by atoms with van der Waals surface area (Å²) in [6, 6.07) is 10.5. The summed E-state index contributed by atoms with van der Waals surface area (Å²) in [4.78, 5) is 4.33. The molecular formula is C16H23N3. The van der Waals surface area contributed by atoms with Crippen LogP contribution in [-0.2, 0) is 6.54 Å². The van der Waals surface area contributed by atoms with Gasteiger partial charge in [-0.15, -0.1) is 0 Å². The molecule has 1 aromatic heterocycles. The number of nitrogens with zero attached hydrogens (tertiary/aromatic N) is 1. The zero-order chi connectivity index (χ0) is 13.5. The van der Waals surface area contributed by atoms with Gasteiger partial charge < -0.3 is 10.6 Å². The van der Waals surface area contributed by atoms with E-state index in [2.05, 4.69) is 53.7 Å². The van der Waals surface area contributed by atoms with Crippen LogP contribution in [0.15, 0.2) is 36.5 Å². The molecule has 3 nitrogen and oxygen atoms in total. The molecule has 0 atom stereocenters. The highest BCUT2D eigenvalue weighted by Gasteiger charge is 1.97. The maximum absolute atomic E-state index is 4.33. The van der Waals surface area contributed by atoms with Crippen LogP contribution in [-0.4, -0.2) is 24.6 Å². The summed E-state index contributed by atoms with van der Waals surface area (Å²) >= 11 is 0. The summed E-state index contributed by atoms with van der Waals surface area (Å²) in [6.45, 7) is 8.47. The van der Waals surface area contributed by atoms with Crippen molar-refractivity contribution in [3.63, 3.8) is 0 Å². The summed E-state index contributed by atoms with van der Waals surface area (Å²) < 4.78 is 0. The van der Waals surface area contributed by atoms with E-state index < -0.39 is 0 Å². The highest BCUT2D eigenvalue weighted by atomic mass is 14.9. The van der Waals surface area contributed by atoms with Gasteiger partial charge in [-0.05, 0) is 36.2 Å². The summed E-state index contributed by atoms with van der Waals surface area (Å²) in [5.41, 5.74) is 2.37. The third kappa shape index (κ3) is 4.62. The van der Waals surface area contributed by atoms with Crippen molar-refractivity contribution in [2.24, 2.45) is 5.92 Å². The SMILES string of the molecule is CC(C)CNCCNCc1ccc2ncccc2c1. The first-order chi connectivity index (χ1) is 9.25. The minimum atomic E-state index is 0.716. The number of aromatic nitrogens is 1. The van der Waals surface area contributed by atoms with Crippen molar-refractivity contribution in [3.05, 3.63) is 42.1 Å². The van der Waals surface area contributed by atoms with Gasteiger partial charge in [0.05, 0.1) is 5.52 Å². The van der Waals surface area contributed by atoms with Crippen LogP contribution >= 0.6 is 0 Å². The molecule has 0 amide bonds. The van der Waals surface area contributed by atoms with Gasteiger partial charge in [0.15, 0.2) is 0 Å². The Hall–Kier alpha value is -1.45. The average Bonchev–Trinajstić information content (AvgIpc) is 2.42. The molecule has 0 bridgehead atoms. The minimum absolute atomic E-state index is 0.716. The number of benzene rings is 1. The van der Waals surface area contributed by atoms with Gasteiger partial charge in [0.25, 0.3) is 0 Å². The zero-order valence-electron chi connectivity index (χ0n) is 11.8. The van der Waals surface area contributed by atoms with Crippen molar-refractivity contribution in [2.45, 2.75) is 20.4 Å². The molecule has 0 radical (unpaired) electrons. The highest BCUT2D eigenvalue weighted by molar-refractivity contribution is 5.78. The smallest absolute Gasteiger partial charge is 0.0702 e. The summed E-state index contributed by atoms with van der Waals surface area (Å²) in [5.74, 6) is 0.716. The van der Waals surface area contributed by atoms with E-state index in [0.717, 1.165) is 31.7 Å². The topological polar surface area (TPSA) is 37.0 Å². The zero-order valence-corrected chi connectivity index (χ0v) is 11.8. The van der Waals surface area contributed by atoms with Gasteiger partial charge in [-0.25, -0.2) is 0 Å². The predicted octanol–water partition coefficient (Wildman–Crippen LogP) is 2.57. The third-order valence-electron chi connectivity index (χ3n) is 3.03. The van der Waals surface area contributed by atoms with Gasteiger partial charge in [0.2, 0.25) is 0 Å². The molecule has 0 aliphatic rings. The summed E-state index contributed by atoms with van der Waals surface area (Å²) in [5, 5.41) is 8.09. The standard InChI is InChI=1S/C16H23N3/c1-13(2)11-17-8-9-18-12-14-5-6-16-15(10-14)4-3-7-19-16/h3-7,10,13,17-18H,8-9,11-12H2,1-2H3. The van der Waals surface area contributed by atoms with Gasteiger partial charge in [-0.2, -0.15) is 0 Å². The van der Waals surface area contributed by atoms with E-state index in [4.69, 9.17) is 0 Å². The van der Waals surface area contributed by atoms with Crippen LogP contribution in [0.4, 0.5) is 0 Å². The monoisotopic (exact) mass is 257 g/mol. The summed E-state index contributed by atoms with van der Waals surface area (Å²) in [6.07, 6.45) is 1.83. The lowest BCUT2D eigenvalue weighted by Gasteiger charge is -2.09. The second-order valence-corrected chi connectivity index (χ2v) is 5.31. The molecule has 1 heterocycles. The first-order valence-corrected chi connectivity index (χ1v) is 7.01. The number of hydrogen-bond donors (Lipinski definition) is 2. The Labute approximate surface area is 115 Å². The fourth-order valence-corrected chi connectivity index (χ4v) is 2.04. The number of rotatable bonds is 7. The maximum Gasteiger partial charge on any atom is 0.0702 e. The molecule has 0 fully saturated rings. The van der Waals surface area contributed by atoms with E-state index in [1.54, 1.807) is 0 Å². The third-order valence-corrected chi connectivity index (χ3v) is 3.03. The van der Waals surface area contributed by atoms with Crippen molar-refractivity contribution in [1.29, 1.82) is 0 Å². The first-order valence-electron chi connectivity index (χ1n) is 7.01. The average molecular weight is 257 g/mol. The van der Waals surface area contributed by atoms with E-state index in [1.807, 2.05) is 12.3 Å². The maximum atomic E-state index is 4.33. The van der Waals surface area contributed by atoms with E-state index in [0.29, 0.717) is 5.92 Å². The molecule has 102 valence electrons. The molecule has 19 heavy (non-hydrogen) atoms. The van der Waals surface area contributed by atoms with Gasteiger partial charge in [-0.3, -0.25) is 4.98 Å². The number of fused-ring (bicyclic) bond motifs is 1. The molecule has 2 aromatic rings. The Morgan fingerprint density at radius 2 is 1.95 bits per heavy atom. The first kappa shape index (κ1) is 14.0. The van der Waals surface area contributed by atoms with Crippen LogP contribution in [0.5, 0.6) is 0 Å².